The Morgan fingerprint density at radius 2 is 2.05 bits per heavy atom. The number of ether oxygens (including phenoxy) is 1. The maximum Gasteiger partial charge on any atom is 0.258 e. The minimum Gasteiger partial charge on any atom is -0.385 e. The summed E-state index contributed by atoms with van der Waals surface area (Å²) in [4.78, 5) is 25.5. The molecule has 0 aliphatic carbocycles. The van der Waals surface area contributed by atoms with E-state index in [0.717, 1.165) is 12.0 Å². The van der Waals surface area contributed by atoms with Crippen molar-refractivity contribution in [3.05, 3.63) is 42.0 Å². The van der Waals surface area contributed by atoms with Crippen LogP contribution in [0.1, 0.15) is 28.8 Å². The predicted octanol–water partition coefficient (Wildman–Crippen LogP) is 1.66. The molecule has 0 saturated carbocycles. The zero-order chi connectivity index (χ0) is 15.2. The number of rotatable bonds is 7. The van der Waals surface area contributed by atoms with E-state index in [-0.39, 0.29) is 18.2 Å². The van der Waals surface area contributed by atoms with Crippen LogP contribution in [0.5, 0.6) is 0 Å². The molecular weight excluding hydrogens is 268 g/mol. The number of carbonyl (C=O) groups excluding carboxylic acids is 2. The summed E-state index contributed by atoms with van der Waals surface area (Å²) >= 11 is 0. The Morgan fingerprint density at radius 3 is 2.71 bits per heavy atom. The molecule has 1 aliphatic heterocycles. The fraction of sp³-hybridized carbons (Fsp3) is 0.375. The highest BCUT2D eigenvalue weighted by molar-refractivity contribution is 6.08. The third-order valence-corrected chi connectivity index (χ3v) is 3.45. The van der Waals surface area contributed by atoms with Crippen LogP contribution in [0.2, 0.25) is 0 Å². The monoisotopic (exact) mass is 288 g/mol. The molecule has 2 amide bonds. The lowest BCUT2D eigenvalue weighted by Gasteiger charge is -2.17. The number of carbonyl (C=O) groups is 2. The van der Waals surface area contributed by atoms with Gasteiger partial charge in [-0.05, 0) is 12.5 Å². The van der Waals surface area contributed by atoms with Crippen molar-refractivity contribution in [2.24, 2.45) is 0 Å². The molecular formula is C16H20N2O3. The first kappa shape index (κ1) is 15.3. The Bertz CT molecular complexity index is 519. The van der Waals surface area contributed by atoms with Crippen LogP contribution in [0.25, 0.3) is 5.70 Å². The SMILES string of the molecule is C=C1c2ccccc2C(=O)N1CCC(=O)NCCCOC. The van der Waals surface area contributed by atoms with Gasteiger partial charge in [0, 0.05) is 50.1 Å². The first-order valence-electron chi connectivity index (χ1n) is 7.01. The molecule has 21 heavy (non-hydrogen) atoms. The summed E-state index contributed by atoms with van der Waals surface area (Å²) in [5.74, 6) is -0.148. The summed E-state index contributed by atoms with van der Waals surface area (Å²) in [5.41, 5.74) is 2.17. The van der Waals surface area contributed by atoms with Gasteiger partial charge >= 0.3 is 0 Å². The van der Waals surface area contributed by atoms with Crippen LogP contribution in [-0.4, -0.2) is 43.5 Å². The lowest BCUT2D eigenvalue weighted by atomic mass is 10.1. The van der Waals surface area contributed by atoms with Gasteiger partial charge in [-0.2, -0.15) is 0 Å². The molecule has 5 nitrogen and oxygen atoms in total. The van der Waals surface area contributed by atoms with Gasteiger partial charge in [0.1, 0.15) is 0 Å². The molecule has 0 unspecified atom stereocenters. The number of methoxy groups -OCH3 is 1. The Kier molecular flexibility index (Phi) is 5.11. The molecule has 1 aliphatic rings. The number of hydrogen-bond acceptors (Lipinski definition) is 3. The summed E-state index contributed by atoms with van der Waals surface area (Å²) in [7, 11) is 1.63. The number of nitrogens with one attached hydrogen (secondary N) is 1. The lowest BCUT2D eigenvalue weighted by molar-refractivity contribution is -0.121. The molecule has 0 spiro atoms. The Hall–Kier alpha value is -2.14. The molecule has 5 heteroatoms. The summed E-state index contributed by atoms with van der Waals surface area (Å²) in [5, 5.41) is 2.81. The van der Waals surface area contributed by atoms with Crippen molar-refractivity contribution in [2.75, 3.05) is 26.8 Å². The van der Waals surface area contributed by atoms with Crippen LogP contribution >= 0.6 is 0 Å². The van der Waals surface area contributed by atoms with Gasteiger partial charge in [0.05, 0.1) is 0 Å². The van der Waals surface area contributed by atoms with Gasteiger partial charge in [0.15, 0.2) is 0 Å². The molecule has 0 atom stereocenters. The van der Waals surface area contributed by atoms with Gasteiger partial charge < -0.3 is 15.0 Å². The summed E-state index contributed by atoms with van der Waals surface area (Å²) in [6, 6.07) is 7.37. The standard InChI is InChI=1S/C16H20N2O3/c1-12-13-6-3-4-7-14(13)16(20)18(12)10-8-15(19)17-9-5-11-21-2/h3-4,6-7H,1,5,8-11H2,2H3,(H,17,19). The van der Waals surface area contributed by atoms with Crippen molar-refractivity contribution < 1.29 is 14.3 Å². The van der Waals surface area contributed by atoms with E-state index in [4.69, 9.17) is 4.74 Å². The highest BCUT2D eigenvalue weighted by Crippen LogP contribution is 2.30. The van der Waals surface area contributed by atoms with Crippen molar-refractivity contribution in [1.29, 1.82) is 0 Å². The van der Waals surface area contributed by atoms with E-state index in [1.165, 1.54) is 0 Å². The number of benzene rings is 1. The summed E-state index contributed by atoms with van der Waals surface area (Å²) in [6.45, 7) is 5.51. The van der Waals surface area contributed by atoms with Crippen LogP contribution in [0.3, 0.4) is 0 Å². The van der Waals surface area contributed by atoms with Gasteiger partial charge in [-0.25, -0.2) is 0 Å². The van der Waals surface area contributed by atoms with Crippen molar-refractivity contribution in [3.8, 4) is 0 Å². The largest absolute Gasteiger partial charge is 0.385 e. The number of amides is 2. The van der Waals surface area contributed by atoms with E-state index in [9.17, 15) is 9.59 Å². The average molecular weight is 288 g/mol. The minimum absolute atomic E-state index is 0.0670. The molecule has 0 aromatic heterocycles. The fourth-order valence-electron chi connectivity index (χ4n) is 2.32. The van der Waals surface area contributed by atoms with Gasteiger partial charge in [0.2, 0.25) is 5.91 Å². The third-order valence-electron chi connectivity index (χ3n) is 3.45. The maximum atomic E-state index is 12.2. The van der Waals surface area contributed by atoms with Crippen LogP contribution in [0.15, 0.2) is 30.8 Å². The Balaban J connectivity index is 1.84. The van der Waals surface area contributed by atoms with Gasteiger partial charge in [-0.3, -0.25) is 9.59 Å². The predicted molar refractivity (Wildman–Crippen MR) is 80.6 cm³/mol. The van der Waals surface area contributed by atoms with E-state index in [0.29, 0.717) is 31.0 Å². The van der Waals surface area contributed by atoms with Crippen molar-refractivity contribution >= 4 is 17.5 Å². The van der Waals surface area contributed by atoms with E-state index < -0.39 is 0 Å². The van der Waals surface area contributed by atoms with E-state index in [1.807, 2.05) is 18.2 Å². The Labute approximate surface area is 124 Å². The molecule has 0 fully saturated rings. The van der Waals surface area contributed by atoms with E-state index >= 15 is 0 Å². The van der Waals surface area contributed by atoms with Crippen molar-refractivity contribution in [1.82, 2.24) is 10.2 Å². The molecule has 1 aromatic carbocycles. The quantitative estimate of drug-likeness (QED) is 0.776. The van der Waals surface area contributed by atoms with E-state index in [2.05, 4.69) is 11.9 Å². The number of nitrogens with zero attached hydrogens (tertiary/aromatic N) is 1. The normalized spacial score (nSPS) is 13.5. The summed E-state index contributed by atoms with van der Waals surface area (Å²) in [6.07, 6.45) is 1.05. The highest BCUT2D eigenvalue weighted by atomic mass is 16.5. The molecule has 0 radical (unpaired) electrons. The smallest absolute Gasteiger partial charge is 0.258 e. The van der Waals surface area contributed by atoms with Gasteiger partial charge in [-0.15, -0.1) is 0 Å². The van der Waals surface area contributed by atoms with Crippen molar-refractivity contribution in [2.45, 2.75) is 12.8 Å². The molecule has 0 saturated heterocycles. The first-order chi connectivity index (χ1) is 10.1. The van der Waals surface area contributed by atoms with Crippen LogP contribution in [0, 0.1) is 0 Å². The maximum absolute atomic E-state index is 12.2. The molecule has 2 rings (SSSR count). The molecule has 1 aromatic rings. The second-order valence-corrected chi connectivity index (χ2v) is 4.90. The third kappa shape index (κ3) is 3.49. The van der Waals surface area contributed by atoms with Gasteiger partial charge in [0.25, 0.3) is 5.91 Å². The second-order valence-electron chi connectivity index (χ2n) is 4.90. The molecule has 1 heterocycles. The van der Waals surface area contributed by atoms with Crippen molar-refractivity contribution in [3.63, 3.8) is 0 Å². The highest BCUT2D eigenvalue weighted by Gasteiger charge is 2.30. The molecule has 0 bridgehead atoms. The van der Waals surface area contributed by atoms with Crippen LogP contribution < -0.4 is 5.32 Å². The number of fused-ring (bicyclic) bond motifs is 1. The zero-order valence-electron chi connectivity index (χ0n) is 12.2. The van der Waals surface area contributed by atoms with Crippen LogP contribution in [0.4, 0.5) is 0 Å². The average Bonchev–Trinajstić information content (AvgIpc) is 2.74. The van der Waals surface area contributed by atoms with Crippen LogP contribution in [-0.2, 0) is 9.53 Å². The minimum atomic E-state index is -0.0808. The number of hydrogen-bond donors (Lipinski definition) is 1. The topological polar surface area (TPSA) is 58.6 Å². The molecule has 1 N–H and O–H groups in total. The van der Waals surface area contributed by atoms with E-state index in [1.54, 1.807) is 18.1 Å². The zero-order valence-corrected chi connectivity index (χ0v) is 12.2. The molecule has 112 valence electrons. The lowest BCUT2D eigenvalue weighted by Crippen LogP contribution is -2.31. The Morgan fingerprint density at radius 1 is 1.33 bits per heavy atom. The van der Waals surface area contributed by atoms with Gasteiger partial charge in [-0.1, -0.05) is 24.8 Å². The fourth-order valence-corrected chi connectivity index (χ4v) is 2.32. The second kappa shape index (κ2) is 7.04. The summed E-state index contributed by atoms with van der Waals surface area (Å²) < 4.78 is 4.91. The first-order valence-corrected chi connectivity index (χ1v) is 7.01.